The Hall–Kier alpha value is -3.33. The summed E-state index contributed by atoms with van der Waals surface area (Å²) < 4.78 is 19.9. The van der Waals surface area contributed by atoms with Crippen molar-refractivity contribution >= 4 is 5.91 Å². The molecule has 0 radical (unpaired) electrons. The summed E-state index contributed by atoms with van der Waals surface area (Å²) in [7, 11) is 1.58. The van der Waals surface area contributed by atoms with Crippen molar-refractivity contribution in [3.05, 3.63) is 83.8 Å². The zero-order chi connectivity index (χ0) is 29.1. The second-order valence-electron chi connectivity index (χ2n) is 11.8. The van der Waals surface area contributed by atoms with Crippen LogP contribution < -0.4 is 15.8 Å². The Morgan fingerprint density at radius 1 is 1.15 bits per heavy atom. The number of nitrogens with zero attached hydrogens (tertiary/aromatic N) is 1. The Kier molecular flexibility index (Phi) is 8.73. The third-order valence-corrected chi connectivity index (χ3v) is 9.06. The van der Waals surface area contributed by atoms with E-state index in [2.05, 4.69) is 10.3 Å². The number of nitrogens with two attached hydrogens (primary N) is 1. The van der Waals surface area contributed by atoms with Gasteiger partial charge in [-0.1, -0.05) is 55.8 Å². The fraction of sp³-hybridized carbons (Fsp3) is 0.455. The summed E-state index contributed by atoms with van der Waals surface area (Å²) in [6.45, 7) is 2.03. The number of amides is 1. The standard InChI is InChI=1S/C33H40FN3O4/c1-20-6-5-9-28(38)31(20)37-32(40)33(17-25(33)24-7-3-4-8-26(24)34)18-29(39)27(35)16-21-10-12-22(13-11-21)23-14-15-30(41-2)36-19-23/h3-4,7-8,10-15,19-20,25,27-29,31,38-39H,5-6,9,16-18,35H2,1-2H3,(H,37,40)/t20-,25+,27+,28-,29+,31+,33-/m1/s1. The van der Waals surface area contributed by atoms with Crippen molar-refractivity contribution in [2.45, 2.75) is 75.7 Å². The first-order chi connectivity index (χ1) is 19.7. The number of carbonyl (C=O) groups is 1. The van der Waals surface area contributed by atoms with Crippen molar-refractivity contribution in [1.82, 2.24) is 10.3 Å². The van der Waals surface area contributed by atoms with Crippen LogP contribution in [0.2, 0.25) is 0 Å². The van der Waals surface area contributed by atoms with Crippen molar-refractivity contribution < 1.29 is 24.1 Å². The molecule has 0 saturated heterocycles. The number of hydrogen-bond donors (Lipinski definition) is 4. The molecule has 3 aromatic rings. The van der Waals surface area contributed by atoms with Crippen molar-refractivity contribution in [2.24, 2.45) is 17.1 Å². The van der Waals surface area contributed by atoms with E-state index in [4.69, 9.17) is 10.5 Å². The number of nitrogens with one attached hydrogen (secondary N) is 1. The molecule has 2 fully saturated rings. The number of pyridine rings is 1. The van der Waals surface area contributed by atoms with Crippen LogP contribution in [-0.4, -0.2) is 52.5 Å². The van der Waals surface area contributed by atoms with Gasteiger partial charge in [-0.25, -0.2) is 9.37 Å². The van der Waals surface area contributed by atoms with E-state index in [0.29, 0.717) is 30.7 Å². The fourth-order valence-corrected chi connectivity index (χ4v) is 6.40. The van der Waals surface area contributed by atoms with Crippen LogP contribution >= 0.6 is 0 Å². The Morgan fingerprint density at radius 3 is 2.54 bits per heavy atom. The predicted molar refractivity (Wildman–Crippen MR) is 156 cm³/mol. The van der Waals surface area contributed by atoms with Gasteiger partial charge in [0.25, 0.3) is 0 Å². The largest absolute Gasteiger partial charge is 0.481 e. The lowest BCUT2D eigenvalue weighted by molar-refractivity contribution is -0.130. The molecule has 0 bridgehead atoms. The summed E-state index contributed by atoms with van der Waals surface area (Å²) >= 11 is 0. The summed E-state index contributed by atoms with van der Waals surface area (Å²) in [6.07, 6.45) is 3.60. The number of aliphatic hydroxyl groups is 2. The van der Waals surface area contributed by atoms with Crippen LogP contribution in [-0.2, 0) is 11.2 Å². The summed E-state index contributed by atoms with van der Waals surface area (Å²) in [4.78, 5) is 18.1. The van der Waals surface area contributed by atoms with Gasteiger partial charge in [-0.3, -0.25) is 4.79 Å². The first kappa shape index (κ1) is 29.2. The van der Waals surface area contributed by atoms with Gasteiger partial charge in [0.1, 0.15) is 5.82 Å². The zero-order valence-corrected chi connectivity index (χ0v) is 23.7. The number of benzene rings is 2. The highest BCUT2D eigenvalue weighted by molar-refractivity contribution is 5.88. The lowest BCUT2D eigenvalue weighted by atomic mass is 9.82. The molecule has 1 amide bonds. The smallest absolute Gasteiger partial charge is 0.227 e. The second-order valence-corrected chi connectivity index (χ2v) is 11.8. The highest BCUT2D eigenvalue weighted by Crippen LogP contribution is 2.63. The Labute approximate surface area is 241 Å². The molecule has 5 N–H and O–H groups in total. The van der Waals surface area contributed by atoms with Gasteiger partial charge in [-0.2, -0.15) is 0 Å². The maximum Gasteiger partial charge on any atom is 0.227 e. The van der Waals surface area contributed by atoms with Crippen LogP contribution in [0.5, 0.6) is 5.88 Å². The van der Waals surface area contributed by atoms with Crippen LogP contribution in [0.25, 0.3) is 11.1 Å². The summed E-state index contributed by atoms with van der Waals surface area (Å²) in [5.41, 5.74) is 8.90. The molecule has 0 spiro atoms. The Bertz CT molecular complexity index is 1330. The number of rotatable bonds is 10. The lowest BCUT2D eigenvalue weighted by Gasteiger charge is -2.35. The van der Waals surface area contributed by atoms with Crippen LogP contribution in [0.1, 0.15) is 56.1 Å². The van der Waals surface area contributed by atoms with E-state index in [1.807, 2.05) is 43.3 Å². The molecule has 2 aromatic carbocycles. The topological polar surface area (TPSA) is 118 Å². The molecule has 218 valence electrons. The van der Waals surface area contributed by atoms with E-state index >= 15 is 0 Å². The zero-order valence-electron chi connectivity index (χ0n) is 23.7. The molecule has 2 saturated carbocycles. The first-order valence-electron chi connectivity index (χ1n) is 14.5. The first-order valence-corrected chi connectivity index (χ1v) is 14.5. The van der Waals surface area contributed by atoms with E-state index < -0.39 is 23.7 Å². The van der Waals surface area contributed by atoms with Gasteiger partial charge in [-0.05, 0) is 66.8 Å². The van der Waals surface area contributed by atoms with Gasteiger partial charge in [0.15, 0.2) is 0 Å². The minimum absolute atomic E-state index is 0.117. The lowest BCUT2D eigenvalue weighted by Crippen LogP contribution is -2.52. The third-order valence-electron chi connectivity index (χ3n) is 9.06. The number of ether oxygens (including phenoxy) is 1. The summed E-state index contributed by atoms with van der Waals surface area (Å²) in [5, 5.41) is 24.9. The average molecular weight is 562 g/mol. The molecule has 1 heterocycles. The molecule has 0 aliphatic heterocycles. The van der Waals surface area contributed by atoms with E-state index in [0.717, 1.165) is 29.5 Å². The molecule has 2 aliphatic carbocycles. The molecule has 41 heavy (non-hydrogen) atoms. The number of carbonyl (C=O) groups excluding carboxylic acids is 1. The van der Waals surface area contributed by atoms with Gasteiger partial charge in [0.2, 0.25) is 11.8 Å². The minimum atomic E-state index is -0.985. The van der Waals surface area contributed by atoms with Crippen molar-refractivity contribution in [3.63, 3.8) is 0 Å². The SMILES string of the molecule is COc1ccc(-c2ccc(C[C@H](N)[C@@H](O)C[C@]3(C(=O)N[C@H]4[C@H](C)CCC[C@H]4O)C[C@H]3c3ccccc3F)cc2)cn1. The third kappa shape index (κ3) is 6.30. The monoisotopic (exact) mass is 561 g/mol. The second kappa shape index (κ2) is 12.3. The molecule has 2 aliphatic rings. The van der Waals surface area contributed by atoms with Crippen LogP contribution in [0.3, 0.4) is 0 Å². The number of aromatic nitrogens is 1. The normalized spacial score (nSPS) is 27.1. The molecular weight excluding hydrogens is 521 g/mol. The van der Waals surface area contributed by atoms with Gasteiger partial charge >= 0.3 is 0 Å². The minimum Gasteiger partial charge on any atom is -0.481 e. The fourth-order valence-electron chi connectivity index (χ4n) is 6.40. The van der Waals surface area contributed by atoms with Crippen molar-refractivity contribution in [1.29, 1.82) is 0 Å². The van der Waals surface area contributed by atoms with Gasteiger partial charge in [-0.15, -0.1) is 0 Å². The molecule has 0 unspecified atom stereocenters. The van der Waals surface area contributed by atoms with Crippen LogP contribution in [0.4, 0.5) is 4.39 Å². The maximum atomic E-state index is 14.8. The van der Waals surface area contributed by atoms with Gasteiger partial charge < -0.3 is 26.0 Å². The quantitative estimate of drug-likeness (QED) is 0.292. The number of aliphatic hydroxyl groups excluding tert-OH is 2. The van der Waals surface area contributed by atoms with Gasteiger partial charge in [0.05, 0.1) is 30.8 Å². The van der Waals surface area contributed by atoms with E-state index in [1.165, 1.54) is 6.07 Å². The molecular formula is C33H40FN3O4. The highest BCUT2D eigenvalue weighted by Gasteiger charge is 2.62. The predicted octanol–water partition coefficient (Wildman–Crippen LogP) is 4.36. The summed E-state index contributed by atoms with van der Waals surface area (Å²) in [5.74, 6) is -0.279. The Morgan fingerprint density at radius 2 is 1.88 bits per heavy atom. The van der Waals surface area contributed by atoms with E-state index in [1.54, 1.807) is 31.5 Å². The molecule has 8 heteroatoms. The highest BCUT2D eigenvalue weighted by atomic mass is 19.1. The summed E-state index contributed by atoms with van der Waals surface area (Å²) in [6, 6.07) is 17.2. The number of hydrogen-bond acceptors (Lipinski definition) is 6. The van der Waals surface area contributed by atoms with Crippen molar-refractivity contribution in [3.8, 4) is 17.0 Å². The molecule has 5 rings (SSSR count). The average Bonchev–Trinajstić information content (AvgIpc) is 3.70. The van der Waals surface area contributed by atoms with Gasteiger partial charge in [0, 0.05) is 29.8 Å². The molecule has 1 aromatic heterocycles. The number of halogens is 1. The molecule has 7 nitrogen and oxygen atoms in total. The van der Waals surface area contributed by atoms with Crippen LogP contribution in [0.15, 0.2) is 66.9 Å². The molecule has 7 atom stereocenters. The van der Waals surface area contributed by atoms with E-state index in [-0.39, 0.29) is 36.0 Å². The van der Waals surface area contributed by atoms with Crippen molar-refractivity contribution in [2.75, 3.05) is 7.11 Å². The van der Waals surface area contributed by atoms with E-state index in [9.17, 15) is 19.4 Å². The van der Waals surface area contributed by atoms with Crippen LogP contribution in [0, 0.1) is 17.2 Å². The maximum absolute atomic E-state index is 14.8. The number of methoxy groups -OCH3 is 1. The Balaban J connectivity index is 1.29.